The molecule has 0 radical (unpaired) electrons. The van der Waals surface area contributed by atoms with Crippen LogP contribution in [0.5, 0.6) is 0 Å². The van der Waals surface area contributed by atoms with Crippen LogP contribution < -0.4 is 5.73 Å². The lowest BCUT2D eigenvalue weighted by atomic mass is 9.77. The average molecular weight is 289 g/mol. The molecule has 1 fully saturated rings. The Kier molecular flexibility index (Phi) is 4.92. The van der Waals surface area contributed by atoms with Gasteiger partial charge in [0.2, 0.25) is 0 Å². The molecule has 2 N–H and O–H groups in total. The van der Waals surface area contributed by atoms with Gasteiger partial charge < -0.3 is 10.5 Å². The highest BCUT2D eigenvalue weighted by Crippen LogP contribution is 2.37. The van der Waals surface area contributed by atoms with E-state index >= 15 is 0 Å². The summed E-state index contributed by atoms with van der Waals surface area (Å²) in [5.41, 5.74) is 7.55. The molecule has 0 aliphatic heterocycles. The van der Waals surface area contributed by atoms with Crippen molar-refractivity contribution in [3.8, 4) is 0 Å². The van der Waals surface area contributed by atoms with Crippen molar-refractivity contribution in [3.05, 3.63) is 29.8 Å². The maximum Gasteiger partial charge on any atom is 0.306 e. The number of esters is 1. The number of hydrogen-bond donors (Lipinski definition) is 1. The zero-order valence-electron chi connectivity index (χ0n) is 13.4. The summed E-state index contributed by atoms with van der Waals surface area (Å²) in [6, 6.07) is 8.21. The van der Waals surface area contributed by atoms with E-state index in [0.29, 0.717) is 18.3 Å². The summed E-state index contributed by atoms with van der Waals surface area (Å²) in [5, 5.41) is 0. The Morgan fingerprint density at radius 3 is 2.24 bits per heavy atom. The highest BCUT2D eigenvalue weighted by molar-refractivity contribution is 5.70. The number of hydrogen-bond acceptors (Lipinski definition) is 3. The molecule has 0 heterocycles. The molecule has 0 aromatic heterocycles. The van der Waals surface area contributed by atoms with Gasteiger partial charge in [-0.2, -0.15) is 0 Å². The quantitative estimate of drug-likeness (QED) is 0.667. The van der Waals surface area contributed by atoms with E-state index in [-0.39, 0.29) is 11.6 Å². The fourth-order valence-electron chi connectivity index (χ4n) is 3.09. The molecule has 0 saturated heterocycles. The van der Waals surface area contributed by atoms with Gasteiger partial charge in [-0.1, -0.05) is 12.1 Å². The van der Waals surface area contributed by atoms with Gasteiger partial charge in [0.15, 0.2) is 0 Å². The molecule has 0 atom stereocenters. The number of benzene rings is 1. The molecular weight excluding hydrogens is 262 g/mol. The van der Waals surface area contributed by atoms with Crippen LogP contribution in [0.4, 0.5) is 5.69 Å². The van der Waals surface area contributed by atoms with Crippen LogP contribution >= 0.6 is 0 Å². The number of anilines is 1. The summed E-state index contributed by atoms with van der Waals surface area (Å²) in [4.78, 5) is 11.9. The third-order valence-electron chi connectivity index (χ3n) is 4.13. The zero-order valence-corrected chi connectivity index (χ0v) is 13.4. The first kappa shape index (κ1) is 15.9. The van der Waals surface area contributed by atoms with E-state index in [9.17, 15) is 4.79 Å². The highest BCUT2D eigenvalue weighted by Gasteiger charge is 2.26. The van der Waals surface area contributed by atoms with Gasteiger partial charge in [-0.25, -0.2) is 0 Å². The molecule has 1 aromatic carbocycles. The minimum Gasteiger partial charge on any atom is -0.460 e. The Morgan fingerprint density at radius 1 is 1.14 bits per heavy atom. The van der Waals surface area contributed by atoms with E-state index in [1.54, 1.807) is 0 Å². The average Bonchev–Trinajstić information content (AvgIpc) is 2.38. The minimum atomic E-state index is -0.377. The van der Waals surface area contributed by atoms with Crippen molar-refractivity contribution in [2.24, 2.45) is 5.92 Å². The molecule has 1 aliphatic carbocycles. The lowest BCUT2D eigenvalue weighted by molar-refractivity contribution is -0.156. The molecule has 0 unspecified atom stereocenters. The lowest BCUT2D eigenvalue weighted by Crippen LogP contribution is -2.26. The summed E-state index contributed by atoms with van der Waals surface area (Å²) in [6.45, 7) is 5.76. The summed E-state index contributed by atoms with van der Waals surface area (Å²) in [5.74, 6) is 1.03. The van der Waals surface area contributed by atoms with Crippen LogP contribution in [0.1, 0.15) is 64.4 Å². The Labute approximate surface area is 127 Å². The van der Waals surface area contributed by atoms with Crippen LogP contribution in [-0.2, 0) is 9.53 Å². The zero-order chi connectivity index (χ0) is 15.5. The van der Waals surface area contributed by atoms with Crippen molar-refractivity contribution >= 4 is 11.7 Å². The normalized spacial score (nSPS) is 22.8. The summed E-state index contributed by atoms with van der Waals surface area (Å²) in [6.07, 6.45) is 5.07. The minimum absolute atomic E-state index is 0.0570. The van der Waals surface area contributed by atoms with Gasteiger partial charge in [-0.3, -0.25) is 4.79 Å². The van der Waals surface area contributed by atoms with Crippen LogP contribution in [0.25, 0.3) is 0 Å². The Hall–Kier alpha value is -1.51. The van der Waals surface area contributed by atoms with E-state index in [1.165, 1.54) is 5.56 Å². The van der Waals surface area contributed by atoms with Crippen molar-refractivity contribution in [1.29, 1.82) is 0 Å². The van der Waals surface area contributed by atoms with Crippen LogP contribution in [-0.4, -0.2) is 11.6 Å². The number of rotatable bonds is 3. The lowest BCUT2D eigenvalue weighted by Gasteiger charge is -2.29. The number of ether oxygens (including phenoxy) is 1. The Balaban J connectivity index is 1.80. The van der Waals surface area contributed by atoms with Crippen molar-refractivity contribution in [2.75, 3.05) is 5.73 Å². The third kappa shape index (κ3) is 5.07. The highest BCUT2D eigenvalue weighted by atomic mass is 16.6. The fourth-order valence-corrected chi connectivity index (χ4v) is 3.09. The fraction of sp³-hybridized carbons (Fsp3) is 0.611. The number of nitrogens with two attached hydrogens (primary N) is 1. The molecule has 1 saturated carbocycles. The van der Waals surface area contributed by atoms with Crippen LogP contribution in [0.15, 0.2) is 24.3 Å². The molecule has 3 heteroatoms. The van der Waals surface area contributed by atoms with Crippen molar-refractivity contribution < 1.29 is 9.53 Å². The number of nitrogen functional groups attached to an aromatic ring is 1. The topological polar surface area (TPSA) is 52.3 Å². The van der Waals surface area contributed by atoms with Crippen molar-refractivity contribution in [3.63, 3.8) is 0 Å². The molecule has 3 nitrogen and oxygen atoms in total. The first-order chi connectivity index (χ1) is 9.83. The second-order valence-electron chi connectivity index (χ2n) is 7.17. The molecule has 1 aliphatic rings. The van der Waals surface area contributed by atoms with Gasteiger partial charge in [0.1, 0.15) is 5.60 Å². The van der Waals surface area contributed by atoms with Gasteiger partial charge in [0.25, 0.3) is 0 Å². The van der Waals surface area contributed by atoms with E-state index in [2.05, 4.69) is 12.1 Å². The molecule has 1 aromatic rings. The summed E-state index contributed by atoms with van der Waals surface area (Å²) in [7, 11) is 0. The number of carbonyl (C=O) groups is 1. The largest absolute Gasteiger partial charge is 0.460 e. The Morgan fingerprint density at radius 2 is 1.71 bits per heavy atom. The molecule has 0 spiro atoms. The molecule has 21 heavy (non-hydrogen) atoms. The van der Waals surface area contributed by atoms with Crippen LogP contribution in [0.2, 0.25) is 0 Å². The third-order valence-corrected chi connectivity index (χ3v) is 4.13. The van der Waals surface area contributed by atoms with Gasteiger partial charge >= 0.3 is 5.97 Å². The standard InChI is InChI=1S/C18H27NO2/c1-18(2,3)21-17(20)12-13-4-6-14(7-5-13)15-8-10-16(19)11-9-15/h8-11,13-14H,4-7,12,19H2,1-3H3. The van der Waals surface area contributed by atoms with Crippen LogP contribution in [0.3, 0.4) is 0 Å². The van der Waals surface area contributed by atoms with E-state index in [0.717, 1.165) is 31.4 Å². The maximum absolute atomic E-state index is 11.9. The monoisotopic (exact) mass is 289 g/mol. The van der Waals surface area contributed by atoms with Gasteiger partial charge in [-0.15, -0.1) is 0 Å². The SMILES string of the molecule is CC(C)(C)OC(=O)CC1CCC(c2ccc(N)cc2)CC1. The predicted molar refractivity (Wildman–Crippen MR) is 86.0 cm³/mol. The summed E-state index contributed by atoms with van der Waals surface area (Å²) >= 11 is 0. The predicted octanol–water partition coefficient (Wildman–Crippen LogP) is 4.27. The molecular formula is C18H27NO2. The molecule has 2 rings (SSSR count). The van der Waals surface area contributed by atoms with Gasteiger partial charge in [0, 0.05) is 12.1 Å². The Bertz CT molecular complexity index is 465. The maximum atomic E-state index is 11.9. The second-order valence-corrected chi connectivity index (χ2v) is 7.17. The van der Waals surface area contributed by atoms with Crippen molar-refractivity contribution in [1.82, 2.24) is 0 Å². The van der Waals surface area contributed by atoms with Gasteiger partial charge in [0.05, 0.1) is 0 Å². The first-order valence-corrected chi connectivity index (χ1v) is 7.91. The number of carbonyl (C=O) groups excluding carboxylic acids is 1. The van der Waals surface area contributed by atoms with Gasteiger partial charge in [-0.05, 0) is 76.0 Å². The second kappa shape index (κ2) is 6.50. The molecule has 116 valence electrons. The smallest absolute Gasteiger partial charge is 0.306 e. The van der Waals surface area contributed by atoms with E-state index in [4.69, 9.17) is 10.5 Å². The van der Waals surface area contributed by atoms with E-state index in [1.807, 2.05) is 32.9 Å². The molecule has 0 amide bonds. The van der Waals surface area contributed by atoms with Crippen molar-refractivity contribution in [2.45, 2.75) is 64.4 Å². The first-order valence-electron chi connectivity index (χ1n) is 7.91. The molecule has 0 bridgehead atoms. The van der Waals surface area contributed by atoms with E-state index < -0.39 is 0 Å². The van der Waals surface area contributed by atoms with Crippen LogP contribution in [0, 0.1) is 5.92 Å². The summed E-state index contributed by atoms with van der Waals surface area (Å²) < 4.78 is 5.41.